The Kier molecular flexibility index (Phi) is 3.89. The maximum Gasteiger partial charge on any atom is 0.253 e. The molecule has 0 aliphatic heterocycles. The summed E-state index contributed by atoms with van der Waals surface area (Å²) in [5.41, 5.74) is -0.685. The van der Waals surface area contributed by atoms with E-state index >= 15 is 0 Å². The van der Waals surface area contributed by atoms with E-state index in [4.69, 9.17) is 0 Å². The number of ether oxygens (including phenoxy) is 1. The van der Waals surface area contributed by atoms with Crippen molar-refractivity contribution in [3.8, 4) is 0 Å². The van der Waals surface area contributed by atoms with Crippen molar-refractivity contribution in [1.29, 1.82) is 0 Å². The highest BCUT2D eigenvalue weighted by atomic mass is 19.1. The lowest BCUT2D eigenvalue weighted by molar-refractivity contribution is -0.124. The lowest BCUT2D eigenvalue weighted by atomic mass is 10.2. The molecule has 0 saturated carbocycles. The number of amides is 1. The average molecular weight is 233 g/mol. The molecule has 1 amide bonds. The highest BCUT2D eigenvalue weighted by Crippen LogP contribution is 2.20. The van der Waals surface area contributed by atoms with Gasteiger partial charge in [-0.1, -0.05) is 0 Å². The molecule has 1 aromatic rings. The SMILES string of the molecule is COC(C)C(=O)Nc1c(F)cc(F)cc1F. The molecule has 0 saturated heterocycles. The summed E-state index contributed by atoms with van der Waals surface area (Å²) >= 11 is 0. The van der Waals surface area contributed by atoms with Crippen molar-refractivity contribution in [3.05, 3.63) is 29.6 Å². The van der Waals surface area contributed by atoms with Crippen molar-refractivity contribution in [1.82, 2.24) is 0 Å². The molecule has 0 aromatic heterocycles. The summed E-state index contributed by atoms with van der Waals surface area (Å²) in [7, 11) is 1.28. The van der Waals surface area contributed by atoms with Crippen molar-refractivity contribution >= 4 is 11.6 Å². The largest absolute Gasteiger partial charge is 0.372 e. The van der Waals surface area contributed by atoms with Gasteiger partial charge in [0, 0.05) is 19.2 Å². The Morgan fingerprint density at radius 3 is 2.25 bits per heavy atom. The van der Waals surface area contributed by atoms with Crippen LogP contribution in [0.4, 0.5) is 18.9 Å². The number of carbonyl (C=O) groups excluding carboxylic acids is 1. The molecule has 0 spiro atoms. The first-order valence-corrected chi connectivity index (χ1v) is 4.44. The van der Waals surface area contributed by atoms with E-state index in [0.717, 1.165) is 0 Å². The molecule has 0 bridgehead atoms. The van der Waals surface area contributed by atoms with Gasteiger partial charge in [0.1, 0.15) is 17.6 Å². The molecule has 1 atom stereocenters. The number of carbonyl (C=O) groups is 1. The lowest BCUT2D eigenvalue weighted by Crippen LogP contribution is -2.27. The third-order valence-corrected chi connectivity index (χ3v) is 1.98. The third kappa shape index (κ3) is 2.73. The Balaban J connectivity index is 2.93. The highest BCUT2D eigenvalue weighted by molar-refractivity contribution is 5.94. The number of rotatable bonds is 3. The van der Waals surface area contributed by atoms with Crippen LogP contribution in [0.5, 0.6) is 0 Å². The molecule has 6 heteroatoms. The number of anilines is 1. The molecule has 16 heavy (non-hydrogen) atoms. The first-order valence-electron chi connectivity index (χ1n) is 4.44. The van der Waals surface area contributed by atoms with E-state index < -0.39 is 35.2 Å². The predicted molar refractivity (Wildman–Crippen MR) is 51.4 cm³/mol. The maximum atomic E-state index is 13.1. The van der Waals surface area contributed by atoms with Gasteiger partial charge in [0.05, 0.1) is 0 Å². The number of benzene rings is 1. The number of halogens is 3. The number of hydrogen-bond acceptors (Lipinski definition) is 2. The molecular formula is C10H10F3NO2. The van der Waals surface area contributed by atoms with Crippen molar-refractivity contribution in [2.45, 2.75) is 13.0 Å². The molecule has 1 rings (SSSR count). The number of methoxy groups -OCH3 is 1. The maximum absolute atomic E-state index is 13.1. The highest BCUT2D eigenvalue weighted by Gasteiger charge is 2.17. The molecule has 3 nitrogen and oxygen atoms in total. The van der Waals surface area contributed by atoms with Crippen LogP contribution in [0, 0.1) is 17.5 Å². The fraction of sp³-hybridized carbons (Fsp3) is 0.300. The quantitative estimate of drug-likeness (QED) is 0.867. The van der Waals surface area contributed by atoms with Crippen molar-refractivity contribution in [3.63, 3.8) is 0 Å². The van der Waals surface area contributed by atoms with Crippen LogP contribution in [-0.2, 0) is 9.53 Å². The summed E-state index contributed by atoms with van der Waals surface area (Å²) in [4.78, 5) is 11.3. The topological polar surface area (TPSA) is 38.3 Å². The van der Waals surface area contributed by atoms with E-state index in [2.05, 4.69) is 4.74 Å². The van der Waals surface area contributed by atoms with Crippen molar-refractivity contribution in [2.75, 3.05) is 12.4 Å². The minimum absolute atomic E-state index is 0.482. The van der Waals surface area contributed by atoms with Gasteiger partial charge in [-0.25, -0.2) is 13.2 Å². The van der Waals surface area contributed by atoms with Gasteiger partial charge in [-0.15, -0.1) is 0 Å². The van der Waals surface area contributed by atoms with Crippen LogP contribution in [0.3, 0.4) is 0 Å². The standard InChI is InChI=1S/C10H10F3NO2/c1-5(16-2)10(15)14-9-7(12)3-6(11)4-8(9)13/h3-5H,1-2H3,(H,14,15). The fourth-order valence-electron chi connectivity index (χ4n) is 0.993. The zero-order valence-corrected chi connectivity index (χ0v) is 8.68. The molecule has 1 unspecified atom stereocenters. The Hall–Kier alpha value is -1.56. The minimum atomic E-state index is -1.17. The van der Waals surface area contributed by atoms with Gasteiger partial charge >= 0.3 is 0 Å². The minimum Gasteiger partial charge on any atom is -0.372 e. The van der Waals surface area contributed by atoms with Crippen LogP contribution in [0.2, 0.25) is 0 Å². The summed E-state index contributed by atoms with van der Waals surface area (Å²) in [5.74, 6) is -4.11. The Morgan fingerprint density at radius 2 is 1.81 bits per heavy atom. The van der Waals surface area contributed by atoms with Gasteiger partial charge < -0.3 is 10.1 Å². The van der Waals surface area contributed by atoms with E-state index in [1.807, 2.05) is 5.32 Å². The zero-order chi connectivity index (χ0) is 12.3. The first-order chi connectivity index (χ1) is 7.45. The van der Waals surface area contributed by atoms with Crippen LogP contribution < -0.4 is 5.32 Å². The van der Waals surface area contributed by atoms with Crippen LogP contribution in [0.15, 0.2) is 12.1 Å². The lowest BCUT2D eigenvalue weighted by Gasteiger charge is -2.11. The van der Waals surface area contributed by atoms with Crippen LogP contribution in [0.25, 0.3) is 0 Å². The first kappa shape index (κ1) is 12.5. The van der Waals surface area contributed by atoms with Gasteiger partial charge in [-0.05, 0) is 6.92 Å². The van der Waals surface area contributed by atoms with Gasteiger partial charge in [0.25, 0.3) is 5.91 Å². The van der Waals surface area contributed by atoms with E-state index in [-0.39, 0.29) is 0 Å². The molecular weight excluding hydrogens is 223 g/mol. The zero-order valence-electron chi connectivity index (χ0n) is 8.68. The monoisotopic (exact) mass is 233 g/mol. The molecule has 0 aliphatic carbocycles. The fourth-order valence-corrected chi connectivity index (χ4v) is 0.993. The Bertz CT molecular complexity index is 386. The van der Waals surface area contributed by atoms with Crippen molar-refractivity contribution in [2.24, 2.45) is 0 Å². The van der Waals surface area contributed by atoms with Crippen molar-refractivity contribution < 1.29 is 22.7 Å². The summed E-state index contributed by atoms with van der Waals surface area (Å²) in [6.45, 7) is 1.41. The van der Waals surface area contributed by atoms with E-state index in [1.165, 1.54) is 14.0 Å². The molecule has 0 heterocycles. The Morgan fingerprint density at radius 1 is 1.31 bits per heavy atom. The molecule has 0 fully saturated rings. The molecule has 0 radical (unpaired) electrons. The normalized spacial score (nSPS) is 12.3. The second-order valence-electron chi connectivity index (χ2n) is 3.11. The summed E-state index contributed by atoms with van der Waals surface area (Å²) < 4.78 is 43.4. The van der Waals surface area contributed by atoms with Gasteiger partial charge in [-0.3, -0.25) is 4.79 Å². The predicted octanol–water partition coefficient (Wildman–Crippen LogP) is 2.08. The smallest absolute Gasteiger partial charge is 0.253 e. The summed E-state index contributed by atoms with van der Waals surface area (Å²) in [6.07, 6.45) is -0.858. The van der Waals surface area contributed by atoms with Crippen LogP contribution >= 0.6 is 0 Å². The molecule has 1 N–H and O–H groups in total. The second-order valence-corrected chi connectivity index (χ2v) is 3.11. The number of hydrogen-bond donors (Lipinski definition) is 1. The molecule has 0 aliphatic rings. The van der Waals surface area contributed by atoms with Crippen LogP contribution in [-0.4, -0.2) is 19.1 Å². The van der Waals surface area contributed by atoms with Gasteiger partial charge in [0.2, 0.25) is 0 Å². The molecule has 88 valence electrons. The van der Waals surface area contributed by atoms with E-state index in [0.29, 0.717) is 12.1 Å². The van der Waals surface area contributed by atoms with Gasteiger partial charge in [0.15, 0.2) is 11.6 Å². The average Bonchev–Trinajstić information content (AvgIpc) is 2.21. The summed E-state index contributed by atoms with van der Waals surface area (Å²) in [6, 6.07) is 0.965. The van der Waals surface area contributed by atoms with Crippen LogP contribution in [0.1, 0.15) is 6.92 Å². The second kappa shape index (κ2) is 4.98. The van der Waals surface area contributed by atoms with Gasteiger partial charge in [-0.2, -0.15) is 0 Å². The van der Waals surface area contributed by atoms with E-state index in [1.54, 1.807) is 0 Å². The third-order valence-electron chi connectivity index (χ3n) is 1.98. The summed E-state index contributed by atoms with van der Waals surface area (Å²) in [5, 5.41) is 1.98. The number of nitrogens with one attached hydrogen (secondary N) is 1. The molecule has 1 aromatic carbocycles. The van der Waals surface area contributed by atoms with E-state index in [9.17, 15) is 18.0 Å². The Labute approximate surface area is 90.2 Å².